The number of benzene rings is 2. The number of methoxy groups -OCH3 is 2. The van der Waals surface area contributed by atoms with Crippen molar-refractivity contribution in [2.24, 2.45) is 5.73 Å². The lowest BCUT2D eigenvalue weighted by molar-refractivity contribution is -0.134. The molecule has 154 valence electrons. The third-order valence-electron chi connectivity index (χ3n) is 4.30. The predicted molar refractivity (Wildman–Crippen MR) is 109 cm³/mol. The Bertz CT molecular complexity index is 917. The number of carbonyl (C=O) groups is 2. The third-order valence-corrected chi connectivity index (χ3v) is 4.30. The summed E-state index contributed by atoms with van der Waals surface area (Å²) in [6, 6.07) is 8.13. The van der Waals surface area contributed by atoms with E-state index in [0.29, 0.717) is 33.9 Å². The van der Waals surface area contributed by atoms with E-state index in [9.17, 15) is 9.59 Å². The summed E-state index contributed by atoms with van der Waals surface area (Å²) in [7, 11) is 3.03. The average Bonchev–Trinajstić information content (AvgIpc) is 2.70. The fourth-order valence-electron chi connectivity index (χ4n) is 2.73. The van der Waals surface area contributed by atoms with Gasteiger partial charge < -0.3 is 30.9 Å². The first-order valence-corrected chi connectivity index (χ1v) is 8.70. The number of nitrogen functional groups attached to an aromatic ring is 1. The first-order valence-electron chi connectivity index (χ1n) is 8.70. The summed E-state index contributed by atoms with van der Waals surface area (Å²) in [5, 5.41) is 22.0. The van der Waals surface area contributed by atoms with E-state index in [2.05, 4.69) is 10.6 Å². The fraction of sp³-hybridized carbons (Fsp3) is 0.250. The Balaban J connectivity index is 2.23. The van der Waals surface area contributed by atoms with Crippen molar-refractivity contribution in [3.8, 4) is 11.5 Å². The fourth-order valence-corrected chi connectivity index (χ4v) is 2.73. The molecule has 0 bridgehead atoms. The van der Waals surface area contributed by atoms with Crippen molar-refractivity contribution in [1.82, 2.24) is 5.32 Å². The van der Waals surface area contributed by atoms with E-state index < -0.39 is 5.97 Å². The van der Waals surface area contributed by atoms with Gasteiger partial charge in [-0.1, -0.05) is 12.1 Å². The molecule has 0 atom stereocenters. The van der Waals surface area contributed by atoms with Crippen LogP contribution < -0.4 is 25.8 Å². The molecule has 6 N–H and O–H groups in total. The van der Waals surface area contributed by atoms with Crippen molar-refractivity contribution >= 4 is 23.4 Å². The van der Waals surface area contributed by atoms with E-state index in [0.717, 1.165) is 5.56 Å². The number of hydrogen-bond acceptors (Lipinski definition) is 6. The number of anilines is 1. The first kappa shape index (κ1) is 21.5. The van der Waals surface area contributed by atoms with E-state index in [-0.39, 0.29) is 24.8 Å². The van der Waals surface area contributed by atoms with Crippen LogP contribution in [0.25, 0.3) is 0 Å². The summed E-state index contributed by atoms with van der Waals surface area (Å²) in [6.45, 7) is 1.66. The van der Waals surface area contributed by atoms with Crippen molar-refractivity contribution in [3.63, 3.8) is 0 Å². The predicted octanol–water partition coefficient (Wildman–Crippen LogP) is 1.72. The monoisotopic (exact) mass is 400 g/mol. The number of rotatable bonds is 9. The van der Waals surface area contributed by atoms with E-state index in [1.807, 2.05) is 6.92 Å². The lowest BCUT2D eigenvalue weighted by atomic mass is 10.1. The number of carboxylic acids is 1. The molecule has 2 aromatic carbocycles. The molecule has 9 nitrogen and oxygen atoms in total. The zero-order valence-corrected chi connectivity index (χ0v) is 16.5. The Hall–Kier alpha value is -3.75. The molecule has 9 heteroatoms. The molecule has 0 aliphatic heterocycles. The minimum absolute atomic E-state index is 0.136. The minimum Gasteiger partial charge on any atom is -0.496 e. The number of hydrogen-bond donors (Lipinski definition) is 5. The molecule has 0 heterocycles. The van der Waals surface area contributed by atoms with Crippen LogP contribution in [0.15, 0.2) is 30.3 Å². The molecule has 29 heavy (non-hydrogen) atoms. The molecule has 0 saturated heterocycles. The van der Waals surface area contributed by atoms with Crippen molar-refractivity contribution < 1.29 is 24.2 Å². The molecule has 2 rings (SSSR count). The zero-order valence-electron chi connectivity index (χ0n) is 16.5. The summed E-state index contributed by atoms with van der Waals surface area (Å²) in [4.78, 5) is 23.5. The number of amidine groups is 1. The Morgan fingerprint density at radius 2 is 1.72 bits per heavy atom. The van der Waals surface area contributed by atoms with Crippen LogP contribution >= 0.6 is 0 Å². The van der Waals surface area contributed by atoms with Gasteiger partial charge in [0.1, 0.15) is 23.9 Å². The second-order valence-corrected chi connectivity index (χ2v) is 6.22. The molecule has 0 spiro atoms. The standard InChI is InChI=1S/C20H24N4O5/c1-11-16(28-2)7-14(8-17(11)29-3)20(27)24-9-13-5-4-12(19(21)22)6-15(13)23-10-18(25)26/h4-8,23H,9-10H2,1-3H3,(H3,21,22)(H,24,27)(H,25,26). The molecule has 0 fully saturated rings. The van der Waals surface area contributed by atoms with Gasteiger partial charge in [-0.15, -0.1) is 0 Å². The van der Waals surface area contributed by atoms with Gasteiger partial charge in [0.2, 0.25) is 0 Å². The number of amides is 1. The van der Waals surface area contributed by atoms with Crippen LogP contribution in [0.4, 0.5) is 5.69 Å². The van der Waals surface area contributed by atoms with Gasteiger partial charge in [0, 0.05) is 28.9 Å². The minimum atomic E-state index is -1.04. The number of ether oxygens (including phenoxy) is 2. The average molecular weight is 400 g/mol. The quantitative estimate of drug-likeness (QED) is 0.318. The molecule has 0 aliphatic carbocycles. The number of carbonyl (C=O) groups excluding carboxylic acids is 1. The van der Waals surface area contributed by atoms with Crippen LogP contribution in [0.2, 0.25) is 0 Å². The van der Waals surface area contributed by atoms with Crippen molar-refractivity contribution in [1.29, 1.82) is 5.41 Å². The molecular weight excluding hydrogens is 376 g/mol. The molecule has 0 aliphatic rings. The molecular formula is C20H24N4O5. The van der Waals surface area contributed by atoms with Gasteiger partial charge in [-0.2, -0.15) is 0 Å². The molecule has 0 saturated carbocycles. The summed E-state index contributed by atoms with van der Waals surface area (Å²) < 4.78 is 10.6. The van der Waals surface area contributed by atoms with Gasteiger partial charge in [-0.25, -0.2) is 0 Å². The van der Waals surface area contributed by atoms with Crippen molar-refractivity contribution in [2.45, 2.75) is 13.5 Å². The van der Waals surface area contributed by atoms with Gasteiger partial charge in [-0.3, -0.25) is 15.0 Å². The lowest BCUT2D eigenvalue weighted by Gasteiger charge is -2.15. The van der Waals surface area contributed by atoms with Crippen LogP contribution in [0, 0.1) is 12.3 Å². The van der Waals surface area contributed by atoms with Gasteiger partial charge in [0.05, 0.1) is 14.2 Å². The summed E-state index contributed by atoms with van der Waals surface area (Å²) in [6.07, 6.45) is 0. The molecule has 1 amide bonds. The largest absolute Gasteiger partial charge is 0.496 e. The topological polar surface area (TPSA) is 147 Å². The Morgan fingerprint density at radius 3 is 2.24 bits per heavy atom. The second kappa shape index (κ2) is 9.45. The smallest absolute Gasteiger partial charge is 0.322 e. The van der Waals surface area contributed by atoms with E-state index in [4.69, 9.17) is 25.7 Å². The van der Waals surface area contributed by atoms with Gasteiger partial charge in [0.15, 0.2) is 0 Å². The maximum Gasteiger partial charge on any atom is 0.322 e. The van der Waals surface area contributed by atoms with Crippen molar-refractivity contribution in [2.75, 3.05) is 26.1 Å². The highest BCUT2D eigenvalue weighted by molar-refractivity contribution is 5.97. The lowest BCUT2D eigenvalue weighted by Crippen LogP contribution is -2.24. The van der Waals surface area contributed by atoms with E-state index in [1.54, 1.807) is 30.3 Å². The molecule has 0 unspecified atom stereocenters. The van der Waals surface area contributed by atoms with E-state index >= 15 is 0 Å². The number of nitrogens with one attached hydrogen (secondary N) is 3. The first-order chi connectivity index (χ1) is 13.8. The summed E-state index contributed by atoms with van der Waals surface area (Å²) in [5.41, 5.74) is 8.21. The summed E-state index contributed by atoms with van der Waals surface area (Å²) >= 11 is 0. The van der Waals surface area contributed by atoms with Crippen LogP contribution in [-0.2, 0) is 11.3 Å². The Labute approximate surface area is 168 Å². The molecule has 2 aromatic rings. The van der Waals surface area contributed by atoms with Crippen molar-refractivity contribution in [3.05, 3.63) is 52.6 Å². The van der Waals surface area contributed by atoms with Crippen LogP contribution in [0.5, 0.6) is 11.5 Å². The Kier molecular flexibility index (Phi) is 7.02. The number of aliphatic carboxylic acids is 1. The number of carboxylic acid groups (broad SMARTS) is 1. The highest BCUT2D eigenvalue weighted by Crippen LogP contribution is 2.29. The third kappa shape index (κ3) is 5.38. The zero-order chi connectivity index (χ0) is 21.6. The van der Waals surface area contributed by atoms with E-state index in [1.165, 1.54) is 14.2 Å². The van der Waals surface area contributed by atoms with Gasteiger partial charge >= 0.3 is 5.97 Å². The second-order valence-electron chi connectivity index (χ2n) is 6.22. The van der Waals surface area contributed by atoms with Gasteiger partial charge in [-0.05, 0) is 30.7 Å². The molecule has 0 radical (unpaired) electrons. The van der Waals surface area contributed by atoms with Gasteiger partial charge in [0.25, 0.3) is 5.91 Å². The normalized spacial score (nSPS) is 10.2. The highest BCUT2D eigenvalue weighted by Gasteiger charge is 2.14. The Morgan fingerprint density at radius 1 is 1.10 bits per heavy atom. The maximum atomic E-state index is 12.6. The SMILES string of the molecule is COc1cc(C(=O)NCc2ccc(C(=N)N)cc2NCC(=O)O)cc(OC)c1C. The number of nitrogens with two attached hydrogens (primary N) is 1. The van der Waals surface area contributed by atoms with Crippen LogP contribution in [0.3, 0.4) is 0 Å². The highest BCUT2D eigenvalue weighted by atomic mass is 16.5. The van der Waals surface area contributed by atoms with Crippen LogP contribution in [0.1, 0.15) is 27.0 Å². The molecule has 0 aromatic heterocycles. The maximum absolute atomic E-state index is 12.6. The van der Waals surface area contributed by atoms with Crippen LogP contribution in [-0.4, -0.2) is 43.6 Å². The summed E-state index contributed by atoms with van der Waals surface area (Å²) in [5.74, 6) is -0.459.